The topological polar surface area (TPSA) is 79.3 Å². The molecule has 3 rings (SSSR count). The number of nitrogens with zero attached hydrogens (tertiary/aromatic N) is 2. The number of phenols is 1. The van der Waals surface area contributed by atoms with Crippen LogP contribution in [0.2, 0.25) is 0 Å². The Kier molecular flexibility index (Phi) is 12.9. The summed E-state index contributed by atoms with van der Waals surface area (Å²) in [6.07, 6.45) is 3.04. The summed E-state index contributed by atoms with van der Waals surface area (Å²) in [7, 11) is 4.21. The Bertz CT molecular complexity index is 1380. The smallest absolute Gasteiger partial charge is 0.335 e. The molecule has 0 radical (unpaired) electrons. The number of carbonyl (C=O) groups is 2. The van der Waals surface area contributed by atoms with Gasteiger partial charge in [-0.1, -0.05) is 80.9 Å². The fraction of sp³-hybridized carbons (Fsp3) is 0.767. The van der Waals surface area contributed by atoms with Gasteiger partial charge in [0.2, 0.25) is 0 Å². The molecule has 7 heteroatoms. The second-order valence-electron chi connectivity index (χ2n) is 19.0. The van der Waals surface area contributed by atoms with Crippen LogP contribution in [-0.2, 0) is 36.3 Å². The zero-order valence-electron chi connectivity index (χ0n) is 34.8. The summed E-state index contributed by atoms with van der Waals surface area (Å²) in [5.41, 5.74) is 1.83. The van der Waals surface area contributed by atoms with Gasteiger partial charge in [-0.05, 0) is 121 Å². The molecular formula is C43H72N2O5. The van der Waals surface area contributed by atoms with E-state index in [0.717, 1.165) is 42.4 Å². The summed E-state index contributed by atoms with van der Waals surface area (Å²) >= 11 is 0. The molecule has 0 amide bonds. The second-order valence-corrected chi connectivity index (χ2v) is 19.0. The van der Waals surface area contributed by atoms with E-state index < -0.39 is 17.5 Å². The molecule has 284 valence electrons. The van der Waals surface area contributed by atoms with Gasteiger partial charge in [0.1, 0.15) is 18.0 Å². The first-order chi connectivity index (χ1) is 22.8. The molecular weight excluding hydrogens is 624 g/mol. The van der Waals surface area contributed by atoms with Gasteiger partial charge in [-0.25, -0.2) is 9.59 Å². The number of likely N-dealkylation sites (N-methyl/N-ethyl adjacent to an activating group) is 2. The summed E-state index contributed by atoms with van der Waals surface area (Å²) in [6.45, 7) is 32.0. The largest absolute Gasteiger partial charge is 0.507 e. The Morgan fingerprint density at radius 3 is 1.50 bits per heavy atom. The van der Waals surface area contributed by atoms with Gasteiger partial charge in [0.15, 0.2) is 0 Å². The highest BCUT2D eigenvalue weighted by Gasteiger charge is 2.47. The van der Waals surface area contributed by atoms with Crippen LogP contribution in [0.1, 0.15) is 153 Å². The number of rotatable bonds is 9. The number of ether oxygens (including phenoxy) is 2. The van der Waals surface area contributed by atoms with Crippen LogP contribution in [0.5, 0.6) is 5.75 Å². The maximum absolute atomic E-state index is 14.7. The first kappa shape index (κ1) is 42.0. The summed E-state index contributed by atoms with van der Waals surface area (Å²) in [4.78, 5) is 33.9. The molecule has 2 saturated heterocycles. The first-order valence-electron chi connectivity index (χ1n) is 19.2. The van der Waals surface area contributed by atoms with E-state index >= 15 is 0 Å². The Hall–Kier alpha value is -2.38. The SMILES string of the molecule is CCCC/C(C(=O)OC1CC(C)C(C)N(C)C1(C)C)=C(\Cc1cc(C(C)(C)C)c(O)c(C(C)(C)C)c1)C(=O)OC1CC(C)C(C)N(C)C1(C)C. The van der Waals surface area contributed by atoms with Crippen molar-refractivity contribution in [2.75, 3.05) is 14.1 Å². The minimum Gasteiger partial charge on any atom is -0.507 e. The number of unbranched alkanes of at least 4 members (excludes halogenated alkanes) is 1. The first-order valence-corrected chi connectivity index (χ1v) is 19.2. The summed E-state index contributed by atoms with van der Waals surface area (Å²) in [6, 6.07) is 4.71. The van der Waals surface area contributed by atoms with E-state index in [2.05, 4.69) is 128 Å². The van der Waals surface area contributed by atoms with Crippen molar-refractivity contribution in [3.8, 4) is 5.75 Å². The minimum absolute atomic E-state index is 0.204. The van der Waals surface area contributed by atoms with Gasteiger partial charge in [-0.3, -0.25) is 9.80 Å². The van der Waals surface area contributed by atoms with Gasteiger partial charge in [0, 0.05) is 24.1 Å². The van der Waals surface area contributed by atoms with Gasteiger partial charge >= 0.3 is 11.9 Å². The normalized spacial score (nSPS) is 28.2. The van der Waals surface area contributed by atoms with E-state index in [1.165, 1.54) is 0 Å². The van der Waals surface area contributed by atoms with Crippen LogP contribution >= 0.6 is 0 Å². The van der Waals surface area contributed by atoms with Crippen molar-refractivity contribution in [2.24, 2.45) is 11.8 Å². The lowest BCUT2D eigenvalue weighted by Crippen LogP contribution is -2.61. The molecule has 0 aliphatic carbocycles. The van der Waals surface area contributed by atoms with E-state index in [4.69, 9.17) is 9.47 Å². The minimum atomic E-state index is -0.453. The lowest BCUT2D eigenvalue weighted by atomic mass is 9.77. The molecule has 0 saturated carbocycles. The molecule has 2 heterocycles. The van der Waals surface area contributed by atoms with E-state index in [9.17, 15) is 14.7 Å². The van der Waals surface area contributed by atoms with Crippen molar-refractivity contribution in [3.63, 3.8) is 0 Å². The van der Waals surface area contributed by atoms with Gasteiger partial charge in [0.25, 0.3) is 0 Å². The van der Waals surface area contributed by atoms with Crippen molar-refractivity contribution < 1.29 is 24.2 Å². The average Bonchev–Trinajstić information content (AvgIpc) is 2.99. The Labute approximate surface area is 305 Å². The molecule has 6 atom stereocenters. The maximum atomic E-state index is 14.7. The molecule has 0 spiro atoms. The molecule has 7 nitrogen and oxygen atoms in total. The Morgan fingerprint density at radius 2 is 1.14 bits per heavy atom. The van der Waals surface area contributed by atoms with Crippen molar-refractivity contribution in [2.45, 2.75) is 189 Å². The zero-order chi connectivity index (χ0) is 38.3. The van der Waals surface area contributed by atoms with Crippen LogP contribution in [0.3, 0.4) is 0 Å². The number of likely N-dealkylation sites (tertiary alicyclic amines) is 2. The maximum Gasteiger partial charge on any atom is 0.335 e. The number of carbonyl (C=O) groups excluding carboxylic acids is 2. The lowest BCUT2D eigenvalue weighted by Gasteiger charge is -2.51. The number of hydrogen-bond donors (Lipinski definition) is 1. The van der Waals surface area contributed by atoms with Crippen LogP contribution in [0.25, 0.3) is 0 Å². The third-order valence-electron chi connectivity index (χ3n) is 12.7. The quantitative estimate of drug-likeness (QED) is 0.204. The van der Waals surface area contributed by atoms with Crippen molar-refractivity contribution in [1.29, 1.82) is 0 Å². The predicted octanol–water partition coefficient (Wildman–Crippen LogP) is 9.12. The van der Waals surface area contributed by atoms with Gasteiger partial charge in [0.05, 0.1) is 16.7 Å². The fourth-order valence-electron chi connectivity index (χ4n) is 7.87. The number of piperidine rings is 2. The van der Waals surface area contributed by atoms with Gasteiger partial charge in [-0.15, -0.1) is 0 Å². The van der Waals surface area contributed by atoms with Crippen LogP contribution in [0, 0.1) is 11.8 Å². The number of hydrogen-bond acceptors (Lipinski definition) is 7. The third kappa shape index (κ3) is 8.80. The summed E-state index contributed by atoms with van der Waals surface area (Å²) in [5, 5.41) is 11.5. The number of benzene rings is 1. The molecule has 1 aromatic rings. The van der Waals surface area contributed by atoms with Crippen LogP contribution in [0.15, 0.2) is 23.3 Å². The number of esters is 2. The van der Waals surface area contributed by atoms with Crippen molar-refractivity contribution >= 4 is 11.9 Å². The van der Waals surface area contributed by atoms with Gasteiger partial charge < -0.3 is 14.6 Å². The zero-order valence-corrected chi connectivity index (χ0v) is 34.8. The predicted molar refractivity (Wildman–Crippen MR) is 206 cm³/mol. The number of aromatic hydroxyl groups is 1. The molecule has 0 bridgehead atoms. The van der Waals surface area contributed by atoms with Crippen molar-refractivity contribution in [1.82, 2.24) is 9.80 Å². The Balaban J connectivity index is 2.23. The molecule has 1 aromatic carbocycles. The van der Waals surface area contributed by atoms with Crippen molar-refractivity contribution in [3.05, 3.63) is 40.0 Å². The van der Waals surface area contributed by atoms with E-state index in [-0.39, 0.29) is 40.7 Å². The van der Waals surface area contributed by atoms with Crippen LogP contribution < -0.4 is 0 Å². The molecule has 1 N–H and O–H groups in total. The summed E-state index contributed by atoms with van der Waals surface area (Å²) in [5.74, 6) is 0.0856. The van der Waals surface area contributed by atoms with Crippen LogP contribution in [0.4, 0.5) is 0 Å². The molecule has 2 aliphatic heterocycles. The van der Waals surface area contributed by atoms with Gasteiger partial charge in [-0.2, -0.15) is 0 Å². The third-order valence-corrected chi connectivity index (χ3v) is 12.7. The highest BCUT2D eigenvalue weighted by molar-refractivity contribution is 6.01. The van der Waals surface area contributed by atoms with E-state index in [1.807, 2.05) is 12.1 Å². The number of phenolic OH excluding ortho intramolecular Hbond substituents is 1. The molecule has 50 heavy (non-hydrogen) atoms. The van der Waals surface area contributed by atoms with E-state index in [1.54, 1.807) is 0 Å². The summed E-state index contributed by atoms with van der Waals surface area (Å²) < 4.78 is 13.0. The monoisotopic (exact) mass is 697 g/mol. The highest BCUT2D eigenvalue weighted by atomic mass is 16.6. The molecule has 0 aromatic heterocycles. The fourth-order valence-corrected chi connectivity index (χ4v) is 7.87. The molecule has 2 aliphatic rings. The standard InChI is InChI=1S/C43H72N2O5/c1-18-19-20-31(38(47)49-35-21-26(2)28(4)44(16)42(35,12)13)32(39(48)50-36-22-27(3)29(5)45(17)43(36,14)15)23-30-24-33(40(6,7)8)37(46)34(25-30)41(9,10)11/h24-29,35-36,46H,18-23H2,1-17H3/b32-31-. The molecule has 6 unspecified atom stereocenters. The second kappa shape index (κ2) is 15.3. The lowest BCUT2D eigenvalue weighted by molar-refractivity contribution is -0.164. The van der Waals surface area contributed by atoms with E-state index in [0.29, 0.717) is 41.5 Å². The molecule has 2 fully saturated rings. The highest BCUT2D eigenvalue weighted by Crippen LogP contribution is 2.42. The van der Waals surface area contributed by atoms with Crippen LogP contribution in [-0.4, -0.2) is 76.3 Å². The Morgan fingerprint density at radius 1 is 0.760 bits per heavy atom. The average molecular weight is 697 g/mol.